The molecule has 1 aromatic heterocycles. The van der Waals surface area contributed by atoms with Crippen molar-refractivity contribution in [1.82, 2.24) is 10.3 Å². The third-order valence-electron chi connectivity index (χ3n) is 7.26. The number of hydrogen-bond acceptors (Lipinski definition) is 6. The van der Waals surface area contributed by atoms with E-state index in [0.717, 1.165) is 37.0 Å². The van der Waals surface area contributed by atoms with Crippen LogP contribution >= 0.6 is 39.0 Å². The number of nitrogens with zero attached hydrogens (tertiary/aromatic N) is 1. The molecule has 6 aromatic rings. The fourth-order valence-corrected chi connectivity index (χ4v) is 6.70. The van der Waals surface area contributed by atoms with Gasteiger partial charge in [0.05, 0.1) is 10.9 Å². The maximum atomic E-state index is 13.5. The van der Waals surface area contributed by atoms with Crippen molar-refractivity contribution in [2.24, 2.45) is 0 Å². The van der Waals surface area contributed by atoms with Gasteiger partial charge < -0.3 is 16.0 Å². The quantitative estimate of drug-likeness (QED) is 0.0963. The average Bonchev–Trinajstić information content (AvgIpc) is 3.57. The van der Waals surface area contributed by atoms with Crippen molar-refractivity contribution in [3.63, 3.8) is 0 Å². The van der Waals surface area contributed by atoms with E-state index < -0.39 is 17.1 Å². The molecule has 5 aromatic carbocycles. The predicted molar refractivity (Wildman–Crippen MR) is 200 cm³/mol. The van der Waals surface area contributed by atoms with Crippen molar-refractivity contribution in [1.29, 1.82) is 0 Å². The molecule has 238 valence electrons. The van der Waals surface area contributed by atoms with Gasteiger partial charge in [0.1, 0.15) is 5.70 Å². The molecule has 1 heterocycles. The summed E-state index contributed by atoms with van der Waals surface area (Å²) in [6, 6.07) is 37.7. The first-order chi connectivity index (χ1) is 23.3. The summed E-state index contributed by atoms with van der Waals surface area (Å²) in [5, 5.41) is 12.9. The lowest BCUT2D eigenvalue weighted by Gasteiger charge is -2.13. The highest BCUT2D eigenvalue weighted by molar-refractivity contribution is 9.10. The first-order valence-corrected chi connectivity index (χ1v) is 17.5. The van der Waals surface area contributed by atoms with Crippen molar-refractivity contribution in [2.45, 2.75) is 17.1 Å². The second-order valence-electron chi connectivity index (χ2n) is 10.8. The van der Waals surface area contributed by atoms with E-state index in [-0.39, 0.29) is 11.6 Å². The highest BCUT2D eigenvalue weighted by Gasteiger charge is 2.18. The summed E-state index contributed by atoms with van der Waals surface area (Å²) in [5.41, 5.74) is 3.57. The normalized spacial score (nSPS) is 11.9. The number of nitrogens with one attached hydrogen (secondary N) is 3. The Morgan fingerprint density at radius 2 is 1.56 bits per heavy atom. The van der Waals surface area contributed by atoms with Gasteiger partial charge in [-0.1, -0.05) is 88.7 Å². The smallest absolute Gasteiger partial charge is 0.272 e. The molecule has 0 aliphatic carbocycles. The minimum atomic E-state index is -0.485. The third-order valence-corrected chi connectivity index (χ3v) is 9.64. The number of thiazole rings is 1. The molecular weight excluding hydrogens is 704 g/mol. The number of aromatic nitrogens is 1. The summed E-state index contributed by atoms with van der Waals surface area (Å²) in [4.78, 5) is 45.0. The molecule has 48 heavy (non-hydrogen) atoms. The minimum absolute atomic E-state index is 0.0866. The van der Waals surface area contributed by atoms with Crippen LogP contribution in [0, 0.1) is 0 Å². The van der Waals surface area contributed by atoms with Crippen molar-refractivity contribution < 1.29 is 14.4 Å². The Balaban J connectivity index is 1.11. The van der Waals surface area contributed by atoms with E-state index >= 15 is 0 Å². The number of benzene rings is 5. The average molecular weight is 734 g/mol. The molecule has 6 rings (SSSR count). The molecule has 3 amide bonds. The van der Waals surface area contributed by atoms with E-state index in [0.29, 0.717) is 16.4 Å². The predicted octanol–water partition coefficient (Wildman–Crippen LogP) is 9.25. The zero-order valence-electron chi connectivity index (χ0n) is 25.6. The molecule has 0 radical (unpaired) electrons. The minimum Gasteiger partial charge on any atom is -0.321 e. The fourth-order valence-electron chi connectivity index (χ4n) is 4.79. The van der Waals surface area contributed by atoms with Crippen LogP contribution in [-0.2, 0) is 9.59 Å². The molecule has 3 N–H and O–H groups in total. The van der Waals surface area contributed by atoms with Gasteiger partial charge in [-0.25, -0.2) is 4.98 Å². The molecule has 1 unspecified atom stereocenters. The van der Waals surface area contributed by atoms with Gasteiger partial charge in [-0.2, -0.15) is 0 Å². The van der Waals surface area contributed by atoms with Gasteiger partial charge in [0, 0.05) is 31.6 Å². The van der Waals surface area contributed by atoms with Gasteiger partial charge in [-0.3, -0.25) is 14.4 Å². The first kappa shape index (κ1) is 32.9. The van der Waals surface area contributed by atoms with Crippen molar-refractivity contribution in [2.75, 3.05) is 10.6 Å². The maximum absolute atomic E-state index is 13.5. The summed E-state index contributed by atoms with van der Waals surface area (Å²) in [6.07, 6.45) is 1.62. The monoisotopic (exact) mass is 732 g/mol. The van der Waals surface area contributed by atoms with Gasteiger partial charge in [-0.15, -0.1) is 23.1 Å². The molecule has 0 fully saturated rings. The molecular formula is C38H29BrN4O3S2. The number of rotatable bonds is 10. The molecule has 0 spiro atoms. The van der Waals surface area contributed by atoms with E-state index in [1.54, 1.807) is 48.5 Å². The van der Waals surface area contributed by atoms with Crippen LogP contribution in [0.4, 0.5) is 10.8 Å². The first-order valence-electron chi connectivity index (χ1n) is 15.0. The Morgan fingerprint density at radius 3 is 2.35 bits per heavy atom. The summed E-state index contributed by atoms with van der Waals surface area (Å²) in [5.74, 6) is -1.07. The second-order valence-corrected chi connectivity index (χ2v) is 13.9. The van der Waals surface area contributed by atoms with Gasteiger partial charge in [-0.05, 0) is 77.9 Å². The fraction of sp³-hybridized carbons (Fsp3) is 0.0526. The van der Waals surface area contributed by atoms with E-state index in [9.17, 15) is 14.4 Å². The lowest BCUT2D eigenvalue weighted by atomic mass is 10.1. The van der Waals surface area contributed by atoms with Crippen LogP contribution in [0.5, 0.6) is 0 Å². The van der Waals surface area contributed by atoms with Crippen LogP contribution in [0.3, 0.4) is 0 Å². The molecule has 0 saturated heterocycles. The SMILES string of the molecule is CC(Sc1cccc(NC(=O)/C(=C/c2ccc(Br)cc2)NC(=O)c2ccccc2)c1)C(=O)Nc1nc(-c2ccc3ccccc3c2)cs1. The van der Waals surface area contributed by atoms with E-state index in [1.165, 1.54) is 23.1 Å². The summed E-state index contributed by atoms with van der Waals surface area (Å²) >= 11 is 6.16. The Kier molecular flexibility index (Phi) is 10.4. The maximum Gasteiger partial charge on any atom is 0.272 e. The Morgan fingerprint density at radius 1 is 0.812 bits per heavy atom. The number of carbonyl (C=O) groups excluding carboxylic acids is 3. The zero-order valence-corrected chi connectivity index (χ0v) is 28.9. The van der Waals surface area contributed by atoms with Crippen LogP contribution in [0.2, 0.25) is 0 Å². The molecule has 0 aliphatic rings. The Bertz CT molecular complexity index is 2130. The van der Waals surface area contributed by atoms with E-state index in [4.69, 9.17) is 0 Å². The molecule has 1 atom stereocenters. The molecule has 0 bridgehead atoms. The molecule has 0 aliphatic heterocycles. The molecule has 10 heteroatoms. The number of thioether (sulfide) groups is 1. The van der Waals surface area contributed by atoms with Crippen LogP contribution in [0.25, 0.3) is 28.1 Å². The van der Waals surface area contributed by atoms with Gasteiger partial charge in [0.15, 0.2) is 5.13 Å². The summed E-state index contributed by atoms with van der Waals surface area (Å²) < 4.78 is 0.897. The number of halogens is 1. The van der Waals surface area contributed by atoms with Gasteiger partial charge >= 0.3 is 0 Å². The third kappa shape index (κ3) is 8.46. The Hall–Kier alpha value is -5.03. The van der Waals surface area contributed by atoms with Crippen molar-refractivity contribution in [3.05, 3.63) is 148 Å². The van der Waals surface area contributed by atoms with Crippen LogP contribution in [0.15, 0.2) is 142 Å². The Labute approximate surface area is 294 Å². The van der Waals surface area contributed by atoms with Crippen LogP contribution < -0.4 is 16.0 Å². The number of hydrogen-bond donors (Lipinski definition) is 3. The molecule has 7 nitrogen and oxygen atoms in total. The number of anilines is 2. The van der Waals surface area contributed by atoms with Gasteiger partial charge in [0.2, 0.25) is 5.91 Å². The van der Waals surface area contributed by atoms with E-state index in [2.05, 4.69) is 61.1 Å². The number of carbonyl (C=O) groups is 3. The van der Waals surface area contributed by atoms with Crippen molar-refractivity contribution in [3.8, 4) is 11.3 Å². The second kappa shape index (κ2) is 15.2. The number of amides is 3. The van der Waals surface area contributed by atoms with Crippen LogP contribution in [-0.4, -0.2) is 28.0 Å². The van der Waals surface area contributed by atoms with Crippen LogP contribution in [0.1, 0.15) is 22.8 Å². The lowest BCUT2D eigenvalue weighted by molar-refractivity contribution is -0.115. The standard InChI is InChI=1S/C38H29BrN4O3S2/c1-24(35(44)43-38-42-34(23-47-38)29-17-16-26-8-5-6-11-28(26)21-29)48-32-13-7-12-31(22-32)40-37(46)33(20-25-14-18-30(39)19-15-25)41-36(45)27-9-3-2-4-10-27/h2-24H,1H3,(H,40,46)(H,41,45)(H,42,43,44)/b33-20-. The lowest BCUT2D eigenvalue weighted by Crippen LogP contribution is -2.30. The van der Waals surface area contributed by atoms with Crippen molar-refractivity contribution >= 4 is 84.4 Å². The largest absolute Gasteiger partial charge is 0.321 e. The van der Waals surface area contributed by atoms with Gasteiger partial charge in [0.25, 0.3) is 11.8 Å². The highest BCUT2D eigenvalue weighted by Crippen LogP contribution is 2.30. The summed E-state index contributed by atoms with van der Waals surface area (Å²) in [7, 11) is 0. The highest BCUT2D eigenvalue weighted by atomic mass is 79.9. The zero-order chi connectivity index (χ0) is 33.5. The van der Waals surface area contributed by atoms with E-state index in [1.807, 2.05) is 66.9 Å². The number of fused-ring (bicyclic) bond motifs is 1. The molecule has 0 saturated carbocycles. The summed E-state index contributed by atoms with van der Waals surface area (Å²) in [6.45, 7) is 1.82. The topological polar surface area (TPSA) is 100 Å².